The van der Waals surface area contributed by atoms with Gasteiger partial charge in [0, 0.05) is 7.11 Å². The van der Waals surface area contributed by atoms with E-state index >= 15 is 0 Å². The molecule has 5 heteroatoms. The maximum atomic E-state index is 10.6. The maximum absolute atomic E-state index is 10.6. The first kappa shape index (κ1) is 12.9. The fraction of sp³-hybridized carbons (Fsp3) is 1.00. The molecule has 0 spiro atoms. The van der Waals surface area contributed by atoms with Crippen LogP contribution in [0.1, 0.15) is 26.7 Å². The molecule has 0 atom stereocenters. The Bertz CT molecular complexity index is 231. The van der Waals surface area contributed by atoms with Gasteiger partial charge in [-0.3, -0.25) is 4.18 Å². The van der Waals surface area contributed by atoms with E-state index < -0.39 is 10.1 Å². The molecule has 0 aromatic carbocycles. The number of methoxy groups -OCH3 is 1. The van der Waals surface area contributed by atoms with Gasteiger partial charge in [-0.15, -0.1) is 0 Å². The molecule has 0 heterocycles. The summed E-state index contributed by atoms with van der Waals surface area (Å²) in [6, 6.07) is 0. The Morgan fingerprint density at radius 1 is 1.31 bits per heavy atom. The van der Waals surface area contributed by atoms with E-state index in [1.165, 1.54) is 0 Å². The van der Waals surface area contributed by atoms with Crippen molar-refractivity contribution in [2.75, 3.05) is 20.0 Å². The van der Waals surface area contributed by atoms with E-state index in [4.69, 9.17) is 4.74 Å². The third-order valence-electron chi connectivity index (χ3n) is 1.77. The second-order valence-corrected chi connectivity index (χ2v) is 5.24. The molecule has 0 fully saturated rings. The molecular formula is C8H18O4S. The van der Waals surface area contributed by atoms with E-state index in [-0.39, 0.29) is 12.2 Å². The predicted octanol–water partition coefficient (Wildman–Crippen LogP) is 1.17. The van der Waals surface area contributed by atoms with Crippen molar-refractivity contribution in [3.05, 3.63) is 0 Å². The number of hydrogen-bond donors (Lipinski definition) is 0. The highest BCUT2D eigenvalue weighted by atomic mass is 32.2. The van der Waals surface area contributed by atoms with Crippen LogP contribution in [0.2, 0.25) is 0 Å². The Balaban J connectivity index is 3.58. The van der Waals surface area contributed by atoms with Crippen LogP contribution in [0.15, 0.2) is 0 Å². The third-order valence-corrected chi connectivity index (χ3v) is 2.37. The normalized spacial score (nSPS) is 13.2. The summed E-state index contributed by atoms with van der Waals surface area (Å²) in [5.41, 5.74) is -0.207. The van der Waals surface area contributed by atoms with Crippen LogP contribution >= 0.6 is 0 Å². The molecule has 4 nitrogen and oxygen atoms in total. The predicted molar refractivity (Wildman–Crippen MR) is 51.1 cm³/mol. The first-order valence-electron chi connectivity index (χ1n) is 4.16. The minimum Gasteiger partial charge on any atom is -0.379 e. The van der Waals surface area contributed by atoms with Crippen molar-refractivity contribution < 1.29 is 17.3 Å². The summed E-state index contributed by atoms with van der Waals surface area (Å²) in [7, 11) is -1.65. The summed E-state index contributed by atoms with van der Waals surface area (Å²) in [6.45, 7) is 4.13. The molecule has 80 valence electrons. The summed E-state index contributed by atoms with van der Waals surface area (Å²) in [5, 5.41) is 0. The van der Waals surface area contributed by atoms with E-state index in [1.807, 2.05) is 13.8 Å². The van der Waals surface area contributed by atoms with E-state index in [1.54, 1.807) is 7.11 Å². The number of hydrogen-bond acceptors (Lipinski definition) is 4. The summed E-state index contributed by atoms with van der Waals surface area (Å²) in [5.74, 6) is 0. The Morgan fingerprint density at radius 3 is 2.23 bits per heavy atom. The smallest absolute Gasteiger partial charge is 0.264 e. The van der Waals surface area contributed by atoms with Crippen LogP contribution in [0.4, 0.5) is 0 Å². The quantitative estimate of drug-likeness (QED) is 0.488. The van der Waals surface area contributed by atoms with Crippen LogP contribution in [0.5, 0.6) is 0 Å². The summed E-state index contributed by atoms with van der Waals surface area (Å²) in [6.07, 6.45) is 2.50. The van der Waals surface area contributed by atoms with Gasteiger partial charge in [-0.2, -0.15) is 8.42 Å². The molecule has 0 radical (unpaired) electrons. The van der Waals surface area contributed by atoms with E-state index in [9.17, 15) is 8.42 Å². The van der Waals surface area contributed by atoms with Crippen LogP contribution in [-0.4, -0.2) is 34.0 Å². The van der Waals surface area contributed by atoms with Crippen molar-refractivity contribution in [3.8, 4) is 0 Å². The Morgan fingerprint density at radius 2 is 1.85 bits per heavy atom. The molecule has 0 rings (SSSR count). The highest BCUT2D eigenvalue weighted by Gasteiger charge is 2.15. The van der Waals surface area contributed by atoms with Gasteiger partial charge in [-0.1, -0.05) is 0 Å². The molecule has 0 aromatic rings. The minimum absolute atomic E-state index is 0.207. The molecule has 0 unspecified atom stereocenters. The van der Waals surface area contributed by atoms with Crippen LogP contribution in [0, 0.1) is 0 Å². The van der Waals surface area contributed by atoms with Gasteiger partial charge < -0.3 is 4.74 Å². The van der Waals surface area contributed by atoms with Gasteiger partial charge in [0.1, 0.15) is 0 Å². The van der Waals surface area contributed by atoms with Gasteiger partial charge in [0.2, 0.25) is 0 Å². The molecule has 0 aliphatic rings. The molecule has 0 bridgehead atoms. The first-order chi connectivity index (χ1) is 5.77. The van der Waals surface area contributed by atoms with E-state index in [0.29, 0.717) is 6.42 Å². The van der Waals surface area contributed by atoms with Crippen molar-refractivity contribution in [1.29, 1.82) is 0 Å². The van der Waals surface area contributed by atoms with Crippen molar-refractivity contribution >= 4 is 10.1 Å². The van der Waals surface area contributed by atoms with Gasteiger partial charge in [0.15, 0.2) is 0 Å². The van der Waals surface area contributed by atoms with Gasteiger partial charge in [-0.25, -0.2) is 0 Å². The zero-order chi connectivity index (χ0) is 10.5. The van der Waals surface area contributed by atoms with Crippen LogP contribution in [0.25, 0.3) is 0 Å². The lowest BCUT2D eigenvalue weighted by molar-refractivity contribution is 0.0114. The molecule has 13 heavy (non-hydrogen) atoms. The molecule has 0 amide bonds. The molecule has 0 saturated heterocycles. The highest BCUT2D eigenvalue weighted by Crippen LogP contribution is 2.15. The Kier molecular flexibility index (Phi) is 4.88. The lowest BCUT2D eigenvalue weighted by Crippen LogP contribution is -2.22. The second kappa shape index (κ2) is 4.93. The Labute approximate surface area is 80.4 Å². The molecule has 0 aromatic heterocycles. The monoisotopic (exact) mass is 210 g/mol. The standard InChI is InChI=1S/C8H18O4S/c1-8(2,11-3)6-5-7-12-13(4,9)10/h5-7H2,1-4H3. The van der Waals surface area contributed by atoms with E-state index in [2.05, 4.69) is 4.18 Å². The zero-order valence-corrected chi connectivity index (χ0v) is 9.48. The van der Waals surface area contributed by atoms with Crippen LogP contribution < -0.4 is 0 Å². The topological polar surface area (TPSA) is 52.6 Å². The van der Waals surface area contributed by atoms with Gasteiger partial charge >= 0.3 is 0 Å². The minimum atomic E-state index is -3.29. The molecule has 0 aliphatic carbocycles. The SMILES string of the molecule is COC(C)(C)CCCOS(C)(=O)=O. The Hall–Kier alpha value is -0.130. The summed E-state index contributed by atoms with van der Waals surface area (Å²) < 4.78 is 30.9. The molecular weight excluding hydrogens is 192 g/mol. The number of ether oxygens (including phenoxy) is 1. The van der Waals surface area contributed by atoms with Crippen molar-refractivity contribution in [3.63, 3.8) is 0 Å². The maximum Gasteiger partial charge on any atom is 0.264 e. The zero-order valence-electron chi connectivity index (χ0n) is 8.66. The lowest BCUT2D eigenvalue weighted by Gasteiger charge is -2.22. The van der Waals surface area contributed by atoms with Gasteiger partial charge in [-0.05, 0) is 26.7 Å². The number of rotatable bonds is 6. The van der Waals surface area contributed by atoms with Gasteiger partial charge in [0.05, 0.1) is 18.5 Å². The first-order valence-corrected chi connectivity index (χ1v) is 5.98. The van der Waals surface area contributed by atoms with Crippen LogP contribution in [0.3, 0.4) is 0 Å². The van der Waals surface area contributed by atoms with Gasteiger partial charge in [0.25, 0.3) is 10.1 Å². The fourth-order valence-electron chi connectivity index (χ4n) is 0.810. The largest absolute Gasteiger partial charge is 0.379 e. The summed E-state index contributed by atoms with van der Waals surface area (Å²) in [4.78, 5) is 0. The second-order valence-electron chi connectivity index (χ2n) is 3.59. The highest BCUT2D eigenvalue weighted by molar-refractivity contribution is 7.85. The lowest BCUT2D eigenvalue weighted by atomic mass is 10.0. The summed E-state index contributed by atoms with van der Waals surface area (Å²) >= 11 is 0. The van der Waals surface area contributed by atoms with Crippen LogP contribution in [-0.2, 0) is 19.0 Å². The molecule has 0 saturated carbocycles. The molecule has 0 aliphatic heterocycles. The fourth-order valence-corrected chi connectivity index (χ4v) is 1.23. The van der Waals surface area contributed by atoms with Crippen molar-refractivity contribution in [1.82, 2.24) is 0 Å². The molecule has 0 N–H and O–H groups in total. The third kappa shape index (κ3) is 8.21. The van der Waals surface area contributed by atoms with E-state index in [0.717, 1.165) is 12.7 Å². The average molecular weight is 210 g/mol. The van der Waals surface area contributed by atoms with Crippen molar-refractivity contribution in [2.24, 2.45) is 0 Å². The van der Waals surface area contributed by atoms with Crippen molar-refractivity contribution in [2.45, 2.75) is 32.3 Å². The average Bonchev–Trinajstić information content (AvgIpc) is 1.97.